The fourth-order valence-corrected chi connectivity index (χ4v) is 1.29. The fourth-order valence-electron chi connectivity index (χ4n) is 1.29. The molecule has 0 aliphatic heterocycles. The zero-order chi connectivity index (χ0) is 14.0. The van der Waals surface area contributed by atoms with Gasteiger partial charge in [-0.15, -0.1) is 0 Å². The molecule has 2 aromatic rings. The van der Waals surface area contributed by atoms with E-state index in [4.69, 9.17) is 9.47 Å². The van der Waals surface area contributed by atoms with E-state index < -0.39 is 11.9 Å². The molecule has 0 amide bonds. The molecule has 19 heavy (non-hydrogen) atoms. The first kappa shape index (κ1) is 13.1. The Balaban J connectivity index is 2.43. The average Bonchev–Trinajstić information content (AvgIpc) is 2.87. The molecule has 9 heteroatoms. The normalized spacial score (nSPS) is 11.4. The monoisotopic (exact) mass is 274 g/mol. The first-order valence-electron chi connectivity index (χ1n) is 5.04. The van der Waals surface area contributed by atoms with Crippen molar-refractivity contribution in [3.05, 3.63) is 24.0 Å². The van der Waals surface area contributed by atoms with Crippen LogP contribution in [-0.4, -0.2) is 34.0 Å². The summed E-state index contributed by atoms with van der Waals surface area (Å²) in [5, 5.41) is 3.36. The number of nitrogens with zero attached hydrogens (tertiary/aromatic N) is 4. The Kier molecular flexibility index (Phi) is 3.28. The van der Waals surface area contributed by atoms with E-state index in [0.29, 0.717) is 0 Å². The molecule has 0 aliphatic rings. The molecular weight excluding hydrogens is 265 g/mol. The van der Waals surface area contributed by atoms with Gasteiger partial charge in [-0.05, 0) is 6.07 Å². The first-order chi connectivity index (χ1) is 8.94. The van der Waals surface area contributed by atoms with Gasteiger partial charge in [0.2, 0.25) is 11.8 Å². The zero-order valence-electron chi connectivity index (χ0n) is 9.97. The van der Waals surface area contributed by atoms with Crippen molar-refractivity contribution in [2.45, 2.75) is 6.18 Å². The van der Waals surface area contributed by atoms with Gasteiger partial charge >= 0.3 is 6.18 Å². The van der Waals surface area contributed by atoms with Crippen molar-refractivity contribution in [2.75, 3.05) is 14.2 Å². The lowest BCUT2D eigenvalue weighted by Gasteiger charge is -2.06. The minimum Gasteiger partial charge on any atom is -0.481 e. The number of halogens is 3. The largest absolute Gasteiger partial charge is 0.481 e. The van der Waals surface area contributed by atoms with Gasteiger partial charge in [-0.1, -0.05) is 0 Å². The molecule has 6 nitrogen and oxygen atoms in total. The van der Waals surface area contributed by atoms with Crippen molar-refractivity contribution in [3.8, 4) is 17.7 Å². The van der Waals surface area contributed by atoms with Gasteiger partial charge in [0.25, 0.3) is 5.95 Å². The molecule has 0 aromatic carbocycles. The van der Waals surface area contributed by atoms with E-state index in [9.17, 15) is 13.2 Å². The zero-order valence-corrected chi connectivity index (χ0v) is 9.97. The average molecular weight is 274 g/mol. The third-order valence-electron chi connectivity index (χ3n) is 2.17. The minimum atomic E-state index is -4.52. The number of ether oxygens (including phenoxy) is 2. The van der Waals surface area contributed by atoms with Crippen LogP contribution in [0.5, 0.6) is 11.8 Å². The van der Waals surface area contributed by atoms with Gasteiger partial charge in [0.1, 0.15) is 0 Å². The predicted molar refractivity (Wildman–Crippen MR) is 57.3 cm³/mol. The maximum atomic E-state index is 12.4. The van der Waals surface area contributed by atoms with Crippen molar-refractivity contribution < 1.29 is 22.6 Å². The molecule has 0 saturated carbocycles. The standard InChI is InChI=1S/C10H9F3N4O2/c1-18-7-5-8(19-2)15-9(14-7)17-4-3-6(16-17)10(11,12)13/h3-5H,1-2H3. The van der Waals surface area contributed by atoms with Gasteiger partial charge in [0.15, 0.2) is 5.69 Å². The molecule has 0 fully saturated rings. The molecule has 2 rings (SSSR count). The SMILES string of the molecule is COc1cc(OC)nc(-n2ccc(C(F)(F)F)n2)n1. The van der Waals surface area contributed by atoms with Gasteiger partial charge in [0, 0.05) is 6.20 Å². The second-order valence-corrected chi connectivity index (χ2v) is 3.40. The number of alkyl halides is 3. The van der Waals surface area contributed by atoms with E-state index in [1.807, 2.05) is 0 Å². The molecule has 2 aromatic heterocycles. The Morgan fingerprint density at radius 2 is 1.68 bits per heavy atom. The Bertz CT molecular complexity index is 560. The number of hydrogen-bond acceptors (Lipinski definition) is 5. The molecule has 102 valence electrons. The third kappa shape index (κ3) is 2.75. The van der Waals surface area contributed by atoms with E-state index in [-0.39, 0.29) is 17.7 Å². The molecular formula is C10H9F3N4O2. The highest BCUT2D eigenvalue weighted by Crippen LogP contribution is 2.27. The van der Waals surface area contributed by atoms with Gasteiger partial charge in [-0.2, -0.15) is 28.2 Å². The highest BCUT2D eigenvalue weighted by atomic mass is 19.4. The van der Waals surface area contributed by atoms with Gasteiger partial charge in [-0.25, -0.2) is 4.68 Å². The Morgan fingerprint density at radius 1 is 1.11 bits per heavy atom. The van der Waals surface area contributed by atoms with Crippen LogP contribution in [0.3, 0.4) is 0 Å². The molecule has 0 atom stereocenters. The maximum Gasteiger partial charge on any atom is 0.435 e. The van der Waals surface area contributed by atoms with Crippen LogP contribution in [-0.2, 0) is 6.18 Å². The van der Waals surface area contributed by atoms with E-state index in [2.05, 4.69) is 15.1 Å². The van der Waals surface area contributed by atoms with E-state index in [1.165, 1.54) is 20.3 Å². The summed E-state index contributed by atoms with van der Waals surface area (Å²) < 4.78 is 48.0. The van der Waals surface area contributed by atoms with E-state index in [1.54, 1.807) is 0 Å². The number of rotatable bonds is 3. The van der Waals surface area contributed by atoms with Crippen LogP contribution in [0.1, 0.15) is 5.69 Å². The number of aromatic nitrogens is 4. The van der Waals surface area contributed by atoms with E-state index in [0.717, 1.165) is 16.9 Å². The summed E-state index contributed by atoms with van der Waals surface area (Å²) in [5.41, 5.74) is -1.03. The molecule has 0 unspecified atom stereocenters. The number of hydrogen-bond donors (Lipinski definition) is 0. The van der Waals surface area contributed by atoms with Crippen molar-refractivity contribution in [1.82, 2.24) is 19.7 Å². The lowest BCUT2D eigenvalue weighted by molar-refractivity contribution is -0.141. The summed E-state index contributed by atoms with van der Waals surface area (Å²) in [7, 11) is 2.74. The van der Waals surface area contributed by atoms with Gasteiger partial charge in [-0.3, -0.25) is 0 Å². The smallest absolute Gasteiger partial charge is 0.435 e. The van der Waals surface area contributed by atoms with Crippen molar-refractivity contribution >= 4 is 0 Å². The number of methoxy groups -OCH3 is 2. The minimum absolute atomic E-state index is 0.0771. The molecule has 0 saturated heterocycles. The van der Waals surface area contributed by atoms with Crippen molar-refractivity contribution in [3.63, 3.8) is 0 Å². The maximum absolute atomic E-state index is 12.4. The van der Waals surface area contributed by atoms with Gasteiger partial charge < -0.3 is 9.47 Å². The van der Waals surface area contributed by atoms with Gasteiger partial charge in [0.05, 0.1) is 20.3 Å². The highest BCUT2D eigenvalue weighted by molar-refractivity contribution is 5.26. The topological polar surface area (TPSA) is 62.1 Å². The van der Waals surface area contributed by atoms with E-state index >= 15 is 0 Å². The molecule has 0 bridgehead atoms. The molecule has 0 spiro atoms. The predicted octanol–water partition coefficient (Wildman–Crippen LogP) is 1.70. The third-order valence-corrected chi connectivity index (χ3v) is 2.17. The summed E-state index contributed by atoms with van der Waals surface area (Å²) >= 11 is 0. The Hall–Kier alpha value is -2.32. The van der Waals surface area contributed by atoms with Crippen molar-refractivity contribution in [1.29, 1.82) is 0 Å². The summed E-state index contributed by atoms with van der Waals surface area (Å²) in [6.45, 7) is 0. The van der Waals surface area contributed by atoms with Crippen LogP contribution >= 0.6 is 0 Å². The molecule has 0 aliphatic carbocycles. The molecule has 0 radical (unpaired) electrons. The lowest BCUT2D eigenvalue weighted by Crippen LogP contribution is -2.09. The van der Waals surface area contributed by atoms with Crippen LogP contribution < -0.4 is 9.47 Å². The summed E-state index contributed by atoms with van der Waals surface area (Å²) in [5.74, 6) is 0.239. The van der Waals surface area contributed by atoms with Crippen LogP contribution in [0.25, 0.3) is 5.95 Å². The van der Waals surface area contributed by atoms with Crippen LogP contribution in [0.2, 0.25) is 0 Å². The molecule has 0 N–H and O–H groups in total. The fraction of sp³-hybridized carbons (Fsp3) is 0.300. The highest BCUT2D eigenvalue weighted by Gasteiger charge is 2.33. The quantitative estimate of drug-likeness (QED) is 0.852. The van der Waals surface area contributed by atoms with Crippen molar-refractivity contribution in [2.24, 2.45) is 0 Å². The second kappa shape index (κ2) is 4.75. The molecule has 2 heterocycles. The Labute approximate surface area is 105 Å². The van der Waals surface area contributed by atoms with Crippen LogP contribution in [0.4, 0.5) is 13.2 Å². The van der Waals surface area contributed by atoms with Crippen LogP contribution in [0, 0.1) is 0 Å². The summed E-state index contributed by atoms with van der Waals surface area (Å²) in [6, 6.07) is 2.23. The lowest BCUT2D eigenvalue weighted by atomic mass is 10.4. The summed E-state index contributed by atoms with van der Waals surface area (Å²) in [6.07, 6.45) is -3.41. The second-order valence-electron chi connectivity index (χ2n) is 3.40. The Morgan fingerprint density at radius 3 is 2.11 bits per heavy atom. The van der Waals surface area contributed by atoms with Crippen LogP contribution in [0.15, 0.2) is 18.3 Å². The first-order valence-corrected chi connectivity index (χ1v) is 5.04. The summed E-state index contributed by atoms with van der Waals surface area (Å²) in [4.78, 5) is 7.77.